The molecule has 3 heteroatoms. The first-order valence-corrected chi connectivity index (χ1v) is 4.43. The molecule has 0 radical (unpaired) electrons. The van der Waals surface area contributed by atoms with Crippen LogP contribution in [0.25, 0.3) is 0 Å². The standard InChI is InChI=1S/C10H13NO2/c11-10(4-1-5-10)7-2-3-8(12)9(13)6-7/h2-3,6,12-13H,1,4-5,11H2. The Bertz CT molecular complexity index is 332. The Morgan fingerprint density at radius 3 is 2.31 bits per heavy atom. The molecule has 4 N–H and O–H groups in total. The van der Waals surface area contributed by atoms with Gasteiger partial charge < -0.3 is 15.9 Å². The maximum atomic E-state index is 9.28. The summed E-state index contributed by atoms with van der Waals surface area (Å²) >= 11 is 0. The summed E-state index contributed by atoms with van der Waals surface area (Å²) in [6, 6.07) is 4.81. The fraction of sp³-hybridized carbons (Fsp3) is 0.400. The van der Waals surface area contributed by atoms with Crippen LogP contribution in [0.3, 0.4) is 0 Å². The van der Waals surface area contributed by atoms with Gasteiger partial charge >= 0.3 is 0 Å². The maximum Gasteiger partial charge on any atom is 0.157 e. The Morgan fingerprint density at radius 1 is 1.15 bits per heavy atom. The Balaban J connectivity index is 2.36. The second-order valence-corrected chi connectivity index (χ2v) is 3.71. The number of hydrogen-bond acceptors (Lipinski definition) is 3. The van der Waals surface area contributed by atoms with Crippen molar-refractivity contribution >= 4 is 0 Å². The van der Waals surface area contributed by atoms with Crippen LogP contribution in [0, 0.1) is 0 Å². The molecule has 1 aliphatic rings. The number of hydrogen-bond donors (Lipinski definition) is 3. The van der Waals surface area contributed by atoms with Crippen LogP contribution in [0.5, 0.6) is 11.5 Å². The van der Waals surface area contributed by atoms with Crippen LogP contribution in [0.1, 0.15) is 24.8 Å². The van der Waals surface area contributed by atoms with Gasteiger partial charge in [-0.05, 0) is 37.0 Å². The lowest BCUT2D eigenvalue weighted by Gasteiger charge is -2.38. The highest BCUT2D eigenvalue weighted by molar-refractivity contribution is 5.43. The molecule has 0 amide bonds. The molecule has 1 saturated carbocycles. The highest BCUT2D eigenvalue weighted by Crippen LogP contribution is 2.40. The third-order valence-corrected chi connectivity index (χ3v) is 2.80. The minimum Gasteiger partial charge on any atom is -0.504 e. The van der Waals surface area contributed by atoms with E-state index in [4.69, 9.17) is 10.8 Å². The summed E-state index contributed by atoms with van der Waals surface area (Å²) in [4.78, 5) is 0. The predicted molar refractivity (Wildman–Crippen MR) is 49.5 cm³/mol. The summed E-state index contributed by atoms with van der Waals surface area (Å²) in [5.74, 6) is -0.180. The summed E-state index contributed by atoms with van der Waals surface area (Å²) < 4.78 is 0. The topological polar surface area (TPSA) is 66.5 Å². The lowest BCUT2D eigenvalue weighted by molar-refractivity contribution is 0.252. The molecule has 0 atom stereocenters. The van der Waals surface area contributed by atoms with Gasteiger partial charge in [-0.15, -0.1) is 0 Å². The molecule has 0 bridgehead atoms. The molecule has 1 aliphatic carbocycles. The maximum absolute atomic E-state index is 9.28. The van der Waals surface area contributed by atoms with E-state index in [1.54, 1.807) is 12.1 Å². The molecule has 2 rings (SSSR count). The van der Waals surface area contributed by atoms with Gasteiger partial charge in [0.1, 0.15) is 0 Å². The van der Waals surface area contributed by atoms with Gasteiger partial charge in [0.05, 0.1) is 0 Å². The first-order chi connectivity index (χ1) is 6.12. The zero-order valence-electron chi connectivity index (χ0n) is 7.33. The number of phenolic OH excluding ortho intramolecular Hbond substituents is 2. The van der Waals surface area contributed by atoms with Crippen molar-refractivity contribution < 1.29 is 10.2 Å². The summed E-state index contributed by atoms with van der Waals surface area (Å²) in [6.45, 7) is 0. The quantitative estimate of drug-likeness (QED) is 0.571. The zero-order chi connectivity index (χ0) is 9.47. The normalized spacial score (nSPS) is 19.5. The van der Waals surface area contributed by atoms with E-state index in [-0.39, 0.29) is 17.0 Å². The van der Waals surface area contributed by atoms with E-state index in [1.807, 2.05) is 0 Å². The summed E-state index contributed by atoms with van der Waals surface area (Å²) in [7, 11) is 0. The fourth-order valence-corrected chi connectivity index (χ4v) is 1.68. The van der Waals surface area contributed by atoms with Crippen LogP contribution >= 0.6 is 0 Å². The third-order valence-electron chi connectivity index (χ3n) is 2.80. The van der Waals surface area contributed by atoms with Crippen molar-refractivity contribution in [1.82, 2.24) is 0 Å². The van der Waals surface area contributed by atoms with Gasteiger partial charge in [-0.1, -0.05) is 6.07 Å². The SMILES string of the molecule is NC1(c2ccc(O)c(O)c2)CCC1. The number of benzene rings is 1. The molecule has 0 unspecified atom stereocenters. The van der Waals surface area contributed by atoms with Crippen LogP contribution < -0.4 is 5.73 Å². The zero-order valence-corrected chi connectivity index (χ0v) is 7.33. The Hall–Kier alpha value is -1.22. The van der Waals surface area contributed by atoms with Crippen molar-refractivity contribution in [2.75, 3.05) is 0 Å². The van der Waals surface area contributed by atoms with E-state index in [9.17, 15) is 5.11 Å². The average Bonchev–Trinajstić information content (AvgIpc) is 2.06. The van der Waals surface area contributed by atoms with E-state index in [2.05, 4.69) is 0 Å². The monoisotopic (exact) mass is 179 g/mol. The van der Waals surface area contributed by atoms with Crippen LogP contribution in [-0.2, 0) is 5.54 Å². The molecule has 0 saturated heterocycles. The van der Waals surface area contributed by atoms with E-state index < -0.39 is 0 Å². The number of nitrogens with two attached hydrogens (primary N) is 1. The average molecular weight is 179 g/mol. The molecule has 0 spiro atoms. The first kappa shape index (κ1) is 8.38. The van der Waals surface area contributed by atoms with Crippen molar-refractivity contribution in [2.45, 2.75) is 24.8 Å². The van der Waals surface area contributed by atoms with E-state index in [1.165, 1.54) is 6.07 Å². The Kier molecular flexibility index (Phi) is 1.70. The first-order valence-electron chi connectivity index (χ1n) is 4.43. The molecular formula is C10H13NO2. The smallest absolute Gasteiger partial charge is 0.157 e. The molecule has 3 nitrogen and oxygen atoms in total. The summed E-state index contributed by atoms with van der Waals surface area (Å²) in [5, 5.41) is 18.4. The van der Waals surface area contributed by atoms with Crippen LogP contribution in [0.4, 0.5) is 0 Å². The third kappa shape index (κ3) is 1.25. The second-order valence-electron chi connectivity index (χ2n) is 3.71. The molecule has 70 valence electrons. The molecular weight excluding hydrogens is 166 g/mol. The van der Waals surface area contributed by atoms with Crippen LogP contribution in [-0.4, -0.2) is 10.2 Å². The van der Waals surface area contributed by atoms with Crippen molar-refractivity contribution in [2.24, 2.45) is 5.73 Å². The fourth-order valence-electron chi connectivity index (χ4n) is 1.68. The number of rotatable bonds is 1. The van der Waals surface area contributed by atoms with Gasteiger partial charge in [0.15, 0.2) is 11.5 Å². The largest absolute Gasteiger partial charge is 0.504 e. The highest BCUT2D eigenvalue weighted by atomic mass is 16.3. The van der Waals surface area contributed by atoms with Gasteiger partial charge in [0.25, 0.3) is 0 Å². The van der Waals surface area contributed by atoms with Gasteiger partial charge in [0, 0.05) is 5.54 Å². The molecule has 1 aromatic carbocycles. The minimum absolute atomic E-state index is 0.0887. The number of aromatic hydroxyl groups is 2. The van der Waals surface area contributed by atoms with Gasteiger partial charge in [-0.2, -0.15) is 0 Å². The Morgan fingerprint density at radius 2 is 1.85 bits per heavy atom. The molecule has 1 aromatic rings. The van der Waals surface area contributed by atoms with E-state index in [0.29, 0.717) is 0 Å². The van der Waals surface area contributed by atoms with Crippen molar-refractivity contribution in [1.29, 1.82) is 0 Å². The van der Waals surface area contributed by atoms with E-state index in [0.717, 1.165) is 24.8 Å². The van der Waals surface area contributed by atoms with Gasteiger partial charge in [0.2, 0.25) is 0 Å². The van der Waals surface area contributed by atoms with Crippen molar-refractivity contribution in [3.8, 4) is 11.5 Å². The van der Waals surface area contributed by atoms with Crippen LogP contribution in [0.15, 0.2) is 18.2 Å². The van der Waals surface area contributed by atoms with Crippen molar-refractivity contribution in [3.05, 3.63) is 23.8 Å². The van der Waals surface area contributed by atoms with Crippen LogP contribution in [0.2, 0.25) is 0 Å². The van der Waals surface area contributed by atoms with Gasteiger partial charge in [-0.3, -0.25) is 0 Å². The lowest BCUT2D eigenvalue weighted by Crippen LogP contribution is -2.43. The summed E-state index contributed by atoms with van der Waals surface area (Å²) in [5.41, 5.74) is 6.69. The molecule has 0 aliphatic heterocycles. The molecule has 13 heavy (non-hydrogen) atoms. The van der Waals surface area contributed by atoms with Crippen molar-refractivity contribution in [3.63, 3.8) is 0 Å². The predicted octanol–water partition coefficient (Wildman–Crippen LogP) is 1.44. The molecule has 1 fully saturated rings. The molecule has 0 heterocycles. The second kappa shape index (κ2) is 2.64. The summed E-state index contributed by atoms with van der Waals surface area (Å²) in [6.07, 6.45) is 3.05. The Labute approximate surface area is 76.8 Å². The lowest BCUT2D eigenvalue weighted by atomic mass is 9.73. The number of phenols is 2. The molecule has 0 aromatic heterocycles. The van der Waals surface area contributed by atoms with Gasteiger partial charge in [-0.25, -0.2) is 0 Å². The highest BCUT2D eigenvalue weighted by Gasteiger charge is 2.34. The minimum atomic E-state index is -0.273. The van der Waals surface area contributed by atoms with E-state index >= 15 is 0 Å².